The van der Waals surface area contributed by atoms with Gasteiger partial charge in [0.05, 0.1) is 0 Å². The van der Waals surface area contributed by atoms with Crippen LogP contribution < -0.4 is 10.2 Å². The summed E-state index contributed by atoms with van der Waals surface area (Å²) in [4.78, 5) is 7.01. The van der Waals surface area contributed by atoms with Crippen molar-refractivity contribution in [2.45, 2.75) is 60.4 Å². The fraction of sp³-hybridized carbons (Fsp3) is 0.722. The molecule has 0 saturated heterocycles. The van der Waals surface area contributed by atoms with Crippen LogP contribution in [0.1, 0.15) is 58.2 Å². The number of aryl methyl sites for hydroxylation is 1. The number of aromatic nitrogens is 1. The number of hydrogen-bond acceptors (Lipinski definition) is 3. The lowest BCUT2D eigenvalue weighted by molar-refractivity contribution is 0.485. The number of rotatable bonds is 10. The van der Waals surface area contributed by atoms with Crippen LogP contribution in [-0.2, 0) is 6.54 Å². The molecule has 1 aromatic heterocycles. The molecule has 0 aliphatic heterocycles. The summed E-state index contributed by atoms with van der Waals surface area (Å²) in [5.74, 6) is 0.773. The van der Waals surface area contributed by atoms with Gasteiger partial charge in [0.2, 0.25) is 0 Å². The topological polar surface area (TPSA) is 28.2 Å². The zero-order chi connectivity index (χ0) is 15.7. The first-order chi connectivity index (χ1) is 10.2. The molecule has 1 N–H and O–H groups in total. The minimum Gasteiger partial charge on any atom is -0.371 e. The summed E-state index contributed by atoms with van der Waals surface area (Å²) >= 11 is 0. The first kappa shape index (κ1) is 18.0. The molecule has 3 heteroatoms. The SMILES string of the molecule is CCCNCc1cnc(C)cc1N(CC)CC(CC)CC. The average Bonchev–Trinajstić information content (AvgIpc) is 2.50. The highest BCUT2D eigenvalue weighted by molar-refractivity contribution is 5.53. The molecule has 0 fully saturated rings. The molecule has 0 aromatic carbocycles. The van der Waals surface area contributed by atoms with E-state index in [9.17, 15) is 0 Å². The minimum absolute atomic E-state index is 0.773. The Bertz CT molecular complexity index is 399. The van der Waals surface area contributed by atoms with Gasteiger partial charge in [-0.2, -0.15) is 0 Å². The second-order valence-corrected chi connectivity index (χ2v) is 5.85. The van der Waals surface area contributed by atoms with Gasteiger partial charge in [0.25, 0.3) is 0 Å². The van der Waals surface area contributed by atoms with Gasteiger partial charge in [0.1, 0.15) is 0 Å². The molecule has 0 radical (unpaired) electrons. The van der Waals surface area contributed by atoms with E-state index >= 15 is 0 Å². The third kappa shape index (κ3) is 5.66. The number of nitrogens with one attached hydrogen (secondary N) is 1. The van der Waals surface area contributed by atoms with Gasteiger partial charge in [0.15, 0.2) is 0 Å². The predicted molar refractivity (Wildman–Crippen MR) is 92.9 cm³/mol. The largest absolute Gasteiger partial charge is 0.371 e. The maximum Gasteiger partial charge on any atom is 0.0445 e. The molecular weight excluding hydrogens is 258 g/mol. The molecule has 0 spiro atoms. The van der Waals surface area contributed by atoms with E-state index < -0.39 is 0 Å². The van der Waals surface area contributed by atoms with Gasteiger partial charge in [-0.25, -0.2) is 0 Å². The number of nitrogens with zero attached hydrogens (tertiary/aromatic N) is 2. The number of anilines is 1. The van der Waals surface area contributed by atoms with E-state index in [0.29, 0.717) is 0 Å². The zero-order valence-corrected chi connectivity index (χ0v) is 14.6. The molecule has 3 nitrogen and oxygen atoms in total. The predicted octanol–water partition coefficient (Wildman–Crippen LogP) is 4.15. The molecular formula is C18H33N3. The van der Waals surface area contributed by atoms with Gasteiger partial charge in [0, 0.05) is 42.8 Å². The van der Waals surface area contributed by atoms with Crippen molar-refractivity contribution in [3.05, 3.63) is 23.5 Å². The maximum atomic E-state index is 4.49. The van der Waals surface area contributed by atoms with Crippen molar-refractivity contribution in [1.29, 1.82) is 0 Å². The Morgan fingerprint density at radius 2 is 1.90 bits per heavy atom. The van der Waals surface area contributed by atoms with E-state index in [4.69, 9.17) is 0 Å². The molecule has 1 heterocycles. The van der Waals surface area contributed by atoms with Crippen molar-refractivity contribution >= 4 is 5.69 Å². The fourth-order valence-electron chi connectivity index (χ4n) is 2.66. The Morgan fingerprint density at radius 1 is 1.19 bits per heavy atom. The summed E-state index contributed by atoms with van der Waals surface area (Å²) in [6, 6.07) is 2.24. The summed E-state index contributed by atoms with van der Waals surface area (Å²) in [7, 11) is 0. The standard InChI is InChI=1S/C18H33N3/c1-6-10-19-12-17-13-20-15(5)11-18(17)21(9-4)14-16(7-2)8-3/h11,13,16,19H,6-10,12,14H2,1-5H3. The van der Waals surface area contributed by atoms with Crippen molar-refractivity contribution in [3.63, 3.8) is 0 Å². The Hall–Kier alpha value is -1.09. The normalized spacial score (nSPS) is 11.1. The van der Waals surface area contributed by atoms with Crippen molar-refractivity contribution < 1.29 is 0 Å². The van der Waals surface area contributed by atoms with Crippen LogP contribution in [0.15, 0.2) is 12.3 Å². The Morgan fingerprint density at radius 3 is 2.48 bits per heavy atom. The Labute approximate surface area is 131 Å². The van der Waals surface area contributed by atoms with E-state index in [1.165, 1.54) is 30.5 Å². The maximum absolute atomic E-state index is 4.49. The third-order valence-electron chi connectivity index (χ3n) is 4.20. The van der Waals surface area contributed by atoms with Gasteiger partial charge in [-0.05, 0) is 38.8 Å². The zero-order valence-electron chi connectivity index (χ0n) is 14.6. The van der Waals surface area contributed by atoms with E-state index in [2.05, 4.69) is 55.9 Å². The van der Waals surface area contributed by atoms with Crippen LogP contribution in [0.25, 0.3) is 0 Å². The molecule has 0 saturated carbocycles. The minimum atomic E-state index is 0.773. The number of pyridine rings is 1. The van der Waals surface area contributed by atoms with E-state index in [1.807, 2.05) is 6.20 Å². The second kappa shape index (κ2) is 9.78. The smallest absolute Gasteiger partial charge is 0.0445 e. The first-order valence-corrected chi connectivity index (χ1v) is 8.57. The van der Waals surface area contributed by atoms with E-state index in [0.717, 1.165) is 37.8 Å². The summed E-state index contributed by atoms with van der Waals surface area (Å²) in [5.41, 5.74) is 3.79. The lowest BCUT2D eigenvalue weighted by Gasteiger charge is -2.29. The molecule has 0 atom stereocenters. The fourth-order valence-corrected chi connectivity index (χ4v) is 2.66. The third-order valence-corrected chi connectivity index (χ3v) is 4.20. The number of hydrogen-bond donors (Lipinski definition) is 1. The van der Waals surface area contributed by atoms with Gasteiger partial charge in [-0.3, -0.25) is 4.98 Å². The Balaban J connectivity index is 2.91. The quantitative estimate of drug-likeness (QED) is 0.656. The van der Waals surface area contributed by atoms with Crippen LogP contribution in [0.2, 0.25) is 0 Å². The average molecular weight is 291 g/mol. The van der Waals surface area contributed by atoms with Gasteiger partial charge < -0.3 is 10.2 Å². The lowest BCUT2D eigenvalue weighted by atomic mass is 10.0. The van der Waals surface area contributed by atoms with Crippen LogP contribution >= 0.6 is 0 Å². The molecule has 1 aromatic rings. The highest BCUT2D eigenvalue weighted by atomic mass is 15.1. The monoisotopic (exact) mass is 291 g/mol. The van der Waals surface area contributed by atoms with Crippen LogP contribution in [0, 0.1) is 12.8 Å². The van der Waals surface area contributed by atoms with Gasteiger partial charge in [-0.15, -0.1) is 0 Å². The summed E-state index contributed by atoms with van der Waals surface area (Å²) in [6.45, 7) is 15.3. The van der Waals surface area contributed by atoms with Crippen LogP contribution in [-0.4, -0.2) is 24.6 Å². The molecule has 0 bridgehead atoms. The van der Waals surface area contributed by atoms with Crippen LogP contribution in [0.5, 0.6) is 0 Å². The summed E-state index contributed by atoms with van der Waals surface area (Å²) in [5, 5.41) is 3.50. The molecule has 0 aliphatic carbocycles. The summed E-state index contributed by atoms with van der Waals surface area (Å²) < 4.78 is 0. The second-order valence-electron chi connectivity index (χ2n) is 5.85. The Kier molecular flexibility index (Phi) is 8.36. The van der Waals surface area contributed by atoms with Crippen molar-refractivity contribution in [3.8, 4) is 0 Å². The van der Waals surface area contributed by atoms with E-state index in [1.54, 1.807) is 0 Å². The van der Waals surface area contributed by atoms with Crippen molar-refractivity contribution in [2.75, 3.05) is 24.5 Å². The summed E-state index contributed by atoms with van der Waals surface area (Å²) in [6.07, 6.45) is 5.71. The molecule has 21 heavy (non-hydrogen) atoms. The molecule has 0 aliphatic rings. The van der Waals surface area contributed by atoms with Gasteiger partial charge >= 0.3 is 0 Å². The molecule has 120 valence electrons. The highest BCUT2D eigenvalue weighted by Gasteiger charge is 2.14. The van der Waals surface area contributed by atoms with Crippen molar-refractivity contribution in [1.82, 2.24) is 10.3 Å². The molecule has 0 unspecified atom stereocenters. The molecule has 0 amide bonds. The van der Waals surface area contributed by atoms with E-state index in [-0.39, 0.29) is 0 Å². The van der Waals surface area contributed by atoms with Crippen LogP contribution in [0.3, 0.4) is 0 Å². The lowest BCUT2D eigenvalue weighted by Crippen LogP contribution is -2.30. The first-order valence-electron chi connectivity index (χ1n) is 8.57. The van der Waals surface area contributed by atoms with Crippen LogP contribution in [0.4, 0.5) is 5.69 Å². The van der Waals surface area contributed by atoms with Crippen molar-refractivity contribution in [2.24, 2.45) is 5.92 Å². The van der Waals surface area contributed by atoms with Gasteiger partial charge in [-0.1, -0.05) is 33.6 Å². The molecule has 1 rings (SSSR count). The highest BCUT2D eigenvalue weighted by Crippen LogP contribution is 2.23.